The highest BCUT2D eigenvalue weighted by molar-refractivity contribution is 4.46. The zero-order valence-electron chi connectivity index (χ0n) is 7.76. The van der Waals surface area contributed by atoms with Gasteiger partial charge in [0, 0.05) is 21.0 Å². The van der Waals surface area contributed by atoms with E-state index < -0.39 is 5.72 Å². The summed E-state index contributed by atoms with van der Waals surface area (Å²) in [6.45, 7) is 3.45. The van der Waals surface area contributed by atoms with Gasteiger partial charge in [-0.15, -0.1) is 7.05 Å². The first-order chi connectivity index (χ1) is 4.95. The van der Waals surface area contributed by atoms with E-state index in [-0.39, 0.29) is 5.17 Å². The standard InChI is InChI=1S/C6H17N3O2/c1-6(2,11-5)9(10)8(4)7-3/h8-9H,1-5H3. The number of methoxy groups -OCH3 is 1. The summed E-state index contributed by atoms with van der Waals surface area (Å²) in [5, 5.41) is 11.8. The van der Waals surface area contributed by atoms with E-state index in [4.69, 9.17) is 4.74 Å². The molecule has 0 spiro atoms. The van der Waals surface area contributed by atoms with E-state index >= 15 is 0 Å². The van der Waals surface area contributed by atoms with Crippen LogP contribution in [-0.2, 0) is 4.74 Å². The van der Waals surface area contributed by atoms with Gasteiger partial charge in [0.2, 0.25) is 5.72 Å². The van der Waals surface area contributed by atoms with Gasteiger partial charge in [-0.2, -0.15) is 5.17 Å². The van der Waals surface area contributed by atoms with E-state index in [0.717, 1.165) is 0 Å². The van der Waals surface area contributed by atoms with Gasteiger partial charge in [0.05, 0.1) is 0 Å². The second-order valence-corrected chi connectivity index (χ2v) is 2.85. The molecular formula is C6H17N3O2. The molecule has 0 aromatic heterocycles. The summed E-state index contributed by atoms with van der Waals surface area (Å²) >= 11 is 0. The van der Waals surface area contributed by atoms with Crippen LogP contribution in [-0.4, -0.2) is 26.9 Å². The minimum Gasteiger partial charge on any atom is -0.582 e. The van der Waals surface area contributed by atoms with Crippen LogP contribution >= 0.6 is 0 Å². The summed E-state index contributed by atoms with van der Waals surface area (Å²) in [4.78, 5) is 0. The van der Waals surface area contributed by atoms with Gasteiger partial charge in [0.1, 0.15) is 7.05 Å². The SMILES string of the molecule is C[N-][NH+](C)[NH+]([O-])C(C)(C)OC. The molecule has 2 atom stereocenters. The second kappa shape index (κ2) is 3.99. The van der Waals surface area contributed by atoms with Crippen LogP contribution in [0, 0.1) is 5.21 Å². The molecule has 0 saturated carbocycles. The average Bonchev–Trinajstić information content (AvgIpc) is 2.01. The summed E-state index contributed by atoms with van der Waals surface area (Å²) < 4.78 is 4.99. The molecule has 0 aromatic carbocycles. The maximum atomic E-state index is 11.4. The molecular weight excluding hydrogens is 146 g/mol. The lowest BCUT2D eigenvalue weighted by Crippen LogP contribution is -3.58. The Morgan fingerprint density at radius 1 is 1.45 bits per heavy atom. The molecule has 0 aliphatic heterocycles. The van der Waals surface area contributed by atoms with Gasteiger partial charge in [0.15, 0.2) is 0 Å². The number of nitrogens with one attached hydrogen (secondary N) is 2. The lowest BCUT2D eigenvalue weighted by molar-refractivity contribution is -1.48. The Kier molecular flexibility index (Phi) is 3.91. The highest BCUT2D eigenvalue weighted by Crippen LogP contribution is 1.92. The maximum Gasteiger partial charge on any atom is 0.238 e. The van der Waals surface area contributed by atoms with Crippen molar-refractivity contribution in [1.29, 1.82) is 0 Å². The third-order valence-electron chi connectivity index (χ3n) is 1.72. The molecule has 0 aromatic rings. The van der Waals surface area contributed by atoms with Crippen LogP contribution in [0.3, 0.4) is 0 Å². The van der Waals surface area contributed by atoms with Gasteiger partial charge in [-0.25, -0.2) is 5.12 Å². The van der Waals surface area contributed by atoms with Crippen molar-refractivity contribution in [3.05, 3.63) is 10.6 Å². The summed E-state index contributed by atoms with van der Waals surface area (Å²) in [6.07, 6.45) is 0. The fourth-order valence-corrected chi connectivity index (χ4v) is 0.630. The number of quaternary nitrogens is 2. The zero-order chi connectivity index (χ0) is 9.07. The van der Waals surface area contributed by atoms with E-state index in [1.165, 1.54) is 7.11 Å². The van der Waals surface area contributed by atoms with Crippen LogP contribution in [0.1, 0.15) is 13.8 Å². The highest BCUT2D eigenvalue weighted by atomic mass is 16.6. The fourth-order valence-electron chi connectivity index (χ4n) is 0.630. The first-order valence-corrected chi connectivity index (χ1v) is 3.49. The lowest BCUT2D eigenvalue weighted by atomic mass is 10.3. The van der Waals surface area contributed by atoms with Gasteiger partial charge in [-0.05, 0) is 0 Å². The molecule has 0 heterocycles. The minimum absolute atomic E-state index is 0.0671. The summed E-state index contributed by atoms with van der Waals surface area (Å²) in [7, 11) is 4.79. The molecule has 68 valence electrons. The van der Waals surface area contributed by atoms with E-state index in [9.17, 15) is 5.21 Å². The normalized spacial score (nSPS) is 18.0. The fraction of sp³-hybridized carbons (Fsp3) is 1.00. The average molecular weight is 163 g/mol. The maximum absolute atomic E-state index is 11.4. The van der Waals surface area contributed by atoms with Crippen molar-refractivity contribution in [2.24, 2.45) is 0 Å². The molecule has 2 N–H and O–H groups in total. The summed E-state index contributed by atoms with van der Waals surface area (Å²) in [5.41, 5.74) is 3.04. The molecule has 0 aliphatic rings. The molecule has 0 aliphatic carbocycles. The van der Waals surface area contributed by atoms with Crippen LogP contribution in [0.25, 0.3) is 5.43 Å². The minimum atomic E-state index is -0.746. The Morgan fingerprint density at radius 3 is 2.18 bits per heavy atom. The van der Waals surface area contributed by atoms with Crippen molar-refractivity contribution in [3.63, 3.8) is 0 Å². The Labute approximate surface area is 67.4 Å². The van der Waals surface area contributed by atoms with Crippen LogP contribution in [0.4, 0.5) is 0 Å². The van der Waals surface area contributed by atoms with Crippen LogP contribution in [0.15, 0.2) is 0 Å². The van der Waals surface area contributed by atoms with Gasteiger partial charge in [0.25, 0.3) is 0 Å². The van der Waals surface area contributed by atoms with Crippen LogP contribution < -0.4 is 10.3 Å². The molecule has 0 fully saturated rings. The number of hydrogen-bond acceptors (Lipinski definition) is 2. The van der Waals surface area contributed by atoms with Crippen molar-refractivity contribution in [3.8, 4) is 0 Å². The monoisotopic (exact) mass is 163 g/mol. The van der Waals surface area contributed by atoms with Crippen LogP contribution in [0.5, 0.6) is 0 Å². The Morgan fingerprint density at radius 2 is 1.91 bits per heavy atom. The molecule has 5 nitrogen and oxygen atoms in total. The summed E-state index contributed by atoms with van der Waals surface area (Å²) in [6, 6.07) is 0. The van der Waals surface area contributed by atoms with E-state index in [2.05, 4.69) is 5.43 Å². The molecule has 5 heteroatoms. The van der Waals surface area contributed by atoms with Gasteiger partial charge >= 0.3 is 0 Å². The molecule has 11 heavy (non-hydrogen) atoms. The van der Waals surface area contributed by atoms with Crippen molar-refractivity contribution in [2.75, 3.05) is 21.2 Å². The van der Waals surface area contributed by atoms with E-state index in [1.807, 2.05) is 0 Å². The Balaban J connectivity index is 4.10. The molecule has 0 rings (SSSR count). The molecule has 0 bridgehead atoms. The first-order valence-electron chi connectivity index (χ1n) is 3.49. The predicted molar refractivity (Wildman–Crippen MR) is 41.6 cm³/mol. The lowest BCUT2D eigenvalue weighted by Gasteiger charge is -2.42. The topological polar surface area (TPSA) is 55.3 Å². The predicted octanol–water partition coefficient (Wildman–Crippen LogP) is -1.90. The van der Waals surface area contributed by atoms with Crippen molar-refractivity contribution in [1.82, 2.24) is 0 Å². The van der Waals surface area contributed by atoms with Gasteiger partial charge < -0.3 is 15.4 Å². The molecule has 0 amide bonds. The summed E-state index contributed by atoms with van der Waals surface area (Å²) in [5.74, 6) is 0. The number of ether oxygens (including phenoxy) is 1. The molecule has 0 saturated heterocycles. The molecule has 0 radical (unpaired) electrons. The number of rotatable bonds is 4. The van der Waals surface area contributed by atoms with E-state index in [0.29, 0.717) is 5.12 Å². The number of hydrogen-bond donors (Lipinski definition) is 2. The zero-order valence-corrected chi connectivity index (χ0v) is 7.76. The highest BCUT2D eigenvalue weighted by Gasteiger charge is 2.27. The van der Waals surface area contributed by atoms with Crippen molar-refractivity contribution < 1.29 is 15.0 Å². The molecule has 2 unspecified atom stereocenters. The largest absolute Gasteiger partial charge is 0.582 e. The van der Waals surface area contributed by atoms with Crippen molar-refractivity contribution >= 4 is 0 Å². The Hall–Kier alpha value is -0.200. The third kappa shape index (κ3) is 2.72. The van der Waals surface area contributed by atoms with Gasteiger partial charge in [-0.3, -0.25) is 0 Å². The quantitative estimate of drug-likeness (QED) is 0.376. The number of hydroxylamine groups is 1. The van der Waals surface area contributed by atoms with Crippen molar-refractivity contribution in [2.45, 2.75) is 19.6 Å². The van der Waals surface area contributed by atoms with Crippen LogP contribution in [0.2, 0.25) is 0 Å². The first kappa shape index (κ1) is 10.8. The van der Waals surface area contributed by atoms with E-state index in [1.54, 1.807) is 27.9 Å². The van der Waals surface area contributed by atoms with Gasteiger partial charge in [-0.1, -0.05) is 0 Å². The smallest absolute Gasteiger partial charge is 0.238 e. The Bertz CT molecular complexity index is 118. The number of nitrogens with zero attached hydrogens (tertiary/aromatic N) is 1. The third-order valence-corrected chi connectivity index (χ3v) is 1.72. The second-order valence-electron chi connectivity index (χ2n) is 2.85.